The zero-order valence-corrected chi connectivity index (χ0v) is 9.84. The van der Waals surface area contributed by atoms with Gasteiger partial charge in [-0.2, -0.15) is 5.11 Å². The molecule has 0 saturated carbocycles. The monoisotopic (exact) mass is 227 g/mol. The van der Waals surface area contributed by atoms with E-state index in [0.717, 1.165) is 23.1 Å². The normalized spacial score (nSPS) is 30.0. The van der Waals surface area contributed by atoms with Gasteiger partial charge in [-0.15, -0.1) is 5.10 Å². The smallest absolute Gasteiger partial charge is 0.166 e. The first-order valence-electron chi connectivity index (χ1n) is 5.75. The standard InChI is InChI=1S/C13H13N3O/c1-8-6-10-9(12(8)17)4-3-5-11(10)13(2)7-14-16-15-13/h3-5,7-8H,6H2,1-2H3. The highest BCUT2D eigenvalue weighted by Crippen LogP contribution is 2.37. The Hall–Kier alpha value is -1.84. The van der Waals surface area contributed by atoms with Crippen molar-refractivity contribution >= 4 is 12.0 Å². The Bertz CT molecular complexity index is 548. The summed E-state index contributed by atoms with van der Waals surface area (Å²) >= 11 is 0. The Morgan fingerprint density at radius 3 is 2.94 bits per heavy atom. The third-order valence-electron chi connectivity index (χ3n) is 3.56. The summed E-state index contributed by atoms with van der Waals surface area (Å²) in [6.07, 6.45) is 2.53. The number of carbonyl (C=O) groups is 1. The van der Waals surface area contributed by atoms with Gasteiger partial charge in [0.1, 0.15) is 5.54 Å². The minimum Gasteiger partial charge on any atom is -0.294 e. The second-order valence-electron chi connectivity index (χ2n) is 4.88. The van der Waals surface area contributed by atoms with Gasteiger partial charge >= 0.3 is 0 Å². The molecule has 2 aliphatic rings. The van der Waals surface area contributed by atoms with E-state index in [0.29, 0.717) is 0 Å². The first-order valence-corrected chi connectivity index (χ1v) is 5.75. The summed E-state index contributed by atoms with van der Waals surface area (Å²) in [6.45, 7) is 3.94. The molecule has 0 radical (unpaired) electrons. The molecule has 0 amide bonds. The SMILES string of the molecule is CC1Cc2c(cccc2C2(C)C=NN=N2)C1=O. The van der Waals surface area contributed by atoms with Crippen molar-refractivity contribution in [3.63, 3.8) is 0 Å². The van der Waals surface area contributed by atoms with Gasteiger partial charge in [0.2, 0.25) is 0 Å². The molecule has 0 fully saturated rings. The molecular weight excluding hydrogens is 214 g/mol. The van der Waals surface area contributed by atoms with Crippen LogP contribution >= 0.6 is 0 Å². The molecule has 4 nitrogen and oxygen atoms in total. The number of hydrogen-bond donors (Lipinski definition) is 0. The van der Waals surface area contributed by atoms with Gasteiger partial charge in [0.15, 0.2) is 5.78 Å². The van der Waals surface area contributed by atoms with Gasteiger partial charge < -0.3 is 0 Å². The predicted octanol–water partition coefficient (Wildman–Crippen LogP) is 2.73. The first-order chi connectivity index (χ1) is 8.12. The summed E-state index contributed by atoms with van der Waals surface area (Å²) in [5, 5.41) is 11.7. The molecule has 1 aliphatic heterocycles. The van der Waals surface area contributed by atoms with E-state index in [1.807, 2.05) is 32.0 Å². The van der Waals surface area contributed by atoms with Crippen LogP contribution in [0.2, 0.25) is 0 Å². The van der Waals surface area contributed by atoms with E-state index in [4.69, 9.17) is 0 Å². The summed E-state index contributed by atoms with van der Waals surface area (Å²) in [5.41, 5.74) is 2.50. The van der Waals surface area contributed by atoms with E-state index in [9.17, 15) is 4.79 Å². The Balaban J connectivity index is 2.19. The van der Waals surface area contributed by atoms with Crippen molar-refractivity contribution in [2.24, 2.45) is 21.4 Å². The molecule has 1 heterocycles. The minimum atomic E-state index is -0.504. The second-order valence-corrected chi connectivity index (χ2v) is 4.88. The molecule has 2 atom stereocenters. The lowest BCUT2D eigenvalue weighted by Crippen LogP contribution is -2.20. The van der Waals surface area contributed by atoms with Gasteiger partial charge in [0.05, 0.1) is 6.21 Å². The van der Waals surface area contributed by atoms with Crippen LogP contribution in [-0.4, -0.2) is 12.0 Å². The van der Waals surface area contributed by atoms with E-state index in [1.165, 1.54) is 0 Å². The van der Waals surface area contributed by atoms with Crippen molar-refractivity contribution in [2.75, 3.05) is 0 Å². The van der Waals surface area contributed by atoms with E-state index < -0.39 is 5.54 Å². The zero-order chi connectivity index (χ0) is 12.0. The number of fused-ring (bicyclic) bond motifs is 1. The van der Waals surface area contributed by atoms with Gasteiger partial charge in [-0.3, -0.25) is 4.79 Å². The molecular formula is C13H13N3O. The Kier molecular flexibility index (Phi) is 2.02. The lowest BCUT2D eigenvalue weighted by Gasteiger charge is -2.19. The van der Waals surface area contributed by atoms with E-state index in [2.05, 4.69) is 15.4 Å². The fourth-order valence-corrected chi connectivity index (χ4v) is 2.58. The molecule has 0 bridgehead atoms. The largest absolute Gasteiger partial charge is 0.294 e. The highest BCUT2D eigenvalue weighted by atomic mass is 16.1. The fraction of sp³-hybridized carbons (Fsp3) is 0.385. The summed E-state index contributed by atoms with van der Waals surface area (Å²) in [7, 11) is 0. The molecule has 0 saturated heterocycles. The van der Waals surface area contributed by atoms with Crippen LogP contribution in [0, 0.1) is 5.92 Å². The predicted molar refractivity (Wildman–Crippen MR) is 64.3 cm³/mol. The third-order valence-corrected chi connectivity index (χ3v) is 3.56. The summed E-state index contributed by atoms with van der Waals surface area (Å²) in [5.74, 6) is 0.308. The van der Waals surface area contributed by atoms with Crippen LogP contribution in [0.4, 0.5) is 0 Å². The maximum atomic E-state index is 12.0. The summed E-state index contributed by atoms with van der Waals surface area (Å²) in [6, 6.07) is 5.83. The van der Waals surface area contributed by atoms with Gasteiger partial charge in [0, 0.05) is 11.5 Å². The molecule has 2 unspecified atom stereocenters. The number of nitrogens with zero attached hydrogens (tertiary/aromatic N) is 3. The Morgan fingerprint density at radius 2 is 2.24 bits per heavy atom. The second kappa shape index (κ2) is 3.32. The van der Waals surface area contributed by atoms with Crippen LogP contribution in [0.3, 0.4) is 0 Å². The first kappa shape index (κ1) is 10.3. The highest BCUT2D eigenvalue weighted by molar-refractivity contribution is 6.02. The van der Waals surface area contributed by atoms with Gasteiger partial charge in [-0.1, -0.05) is 25.1 Å². The molecule has 0 N–H and O–H groups in total. The molecule has 0 aromatic heterocycles. The third kappa shape index (κ3) is 1.37. The maximum absolute atomic E-state index is 12.0. The Labute approximate surface area is 99.4 Å². The molecule has 1 aliphatic carbocycles. The van der Waals surface area contributed by atoms with Crippen molar-refractivity contribution in [2.45, 2.75) is 25.8 Å². The minimum absolute atomic E-state index is 0.0741. The zero-order valence-electron chi connectivity index (χ0n) is 9.84. The van der Waals surface area contributed by atoms with Crippen LogP contribution in [0.25, 0.3) is 0 Å². The van der Waals surface area contributed by atoms with Crippen molar-refractivity contribution in [3.05, 3.63) is 34.9 Å². The Morgan fingerprint density at radius 1 is 1.41 bits per heavy atom. The van der Waals surface area contributed by atoms with Crippen LogP contribution in [-0.2, 0) is 12.0 Å². The lowest BCUT2D eigenvalue weighted by atomic mass is 9.88. The number of benzene rings is 1. The molecule has 1 aromatic carbocycles. The molecule has 86 valence electrons. The summed E-state index contributed by atoms with van der Waals surface area (Å²) < 4.78 is 0. The molecule has 4 heteroatoms. The number of carbonyl (C=O) groups excluding carboxylic acids is 1. The van der Waals surface area contributed by atoms with Crippen LogP contribution in [0.15, 0.2) is 33.6 Å². The van der Waals surface area contributed by atoms with E-state index in [-0.39, 0.29) is 11.7 Å². The summed E-state index contributed by atoms with van der Waals surface area (Å²) in [4.78, 5) is 12.0. The number of rotatable bonds is 1. The van der Waals surface area contributed by atoms with Crippen molar-refractivity contribution in [1.82, 2.24) is 0 Å². The van der Waals surface area contributed by atoms with E-state index in [1.54, 1.807) is 6.21 Å². The van der Waals surface area contributed by atoms with Crippen molar-refractivity contribution in [1.29, 1.82) is 0 Å². The van der Waals surface area contributed by atoms with Crippen molar-refractivity contribution in [3.8, 4) is 0 Å². The quantitative estimate of drug-likeness (QED) is 0.727. The maximum Gasteiger partial charge on any atom is 0.166 e. The highest BCUT2D eigenvalue weighted by Gasteiger charge is 2.36. The molecule has 3 rings (SSSR count). The average Bonchev–Trinajstić information content (AvgIpc) is 2.86. The lowest BCUT2D eigenvalue weighted by molar-refractivity contribution is 0.0946. The fourth-order valence-electron chi connectivity index (χ4n) is 2.58. The topological polar surface area (TPSA) is 54.1 Å². The molecule has 0 spiro atoms. The van der Waals surface area contributed by atoms with Crippen LogP contribution < -0.4 is 0 Å². The van der Waals surface area contributed by atoms with Gasteiger partial charge in [-0.05, 0) is 29.7 Å². The van der Waals surface area contributed by atoms with Gasteiger partial charge in [0.25, 0.3) is 0 Å². The van der Waals surface area contributed by atoms with E-state index >= 15 is 0 Å². The average molecular weight is 227 g/mol. The number of hydrogen-bond acceptors (Lipinski definition) is 4. The molecule has 1 aromatic rings. The van der Waals surface area contributed by atoms with Gasteiger partial charge in [-0.25, -0.2) is 0 Å². The van der Waals surface area contributed by atoms with Crippen LogP contribution in [0.5, 0.6) is 0 Å². The van der Waals surface area contributed by atoms with Crippen LogP contribution in [0.1, 0.15) is 35.3 Å². The van der Waals surface area contributed by atoms with Crippen molar-refractivity contribution < 1.29 is 4.79 Å². The number of Topliss-reactive ketones (excluding diaryl/α,β-unsaturated/α-hetero) is 1. The molecule has 17 heavy (non-hydrogen) atoms. The number of ketones is 1.